The van der Waals surface area contributed by atoms with E-state index in [-0.39, 0.29) is 29.4 Å². The lowest BCUT2D eigenvalue weighted by Gasteiger charge is -2.22. The summed E-state index contributed by atoms with van der Waals surface area (Å²) >= 11 is 0.410. The first-order valence-electron chi connectivity index (χ1n) is 9.29. The number of nitrogen functional groups attached to an aromatic ring is 1. The molecule has 0 saturated carbocycles. The van der Waals surface area contributed by atoms with Gasteiger partial charge in [0.2, 0.25) is 11.5 Å². The van der Waals surface area contributed by atoms with Crippen LogP contribution in [0.2, 0.25) is 0 Å². The number of hydrogen-bond donors (Lipinski definition) is 3. The van der Waals surface area contributed by atoms with Crippen LogP contribution in [0.15, 0.2) is 35.0 Å². The molecule has 0 atom stereocenters. The van der Waals surface area contributed by atoms with Crippen LogP contribution in [0.1, 0.15) is 35.1 Å². The van der Waals surface area contributed by atoms with Crippen LogP contribution in [0.4, 0.5) is 14.6 Å². The summed E-state index contributed by atoms with van der Waals surface area (Å²) < 4.78 is 43.5. The van der Waals surface area contributed by atoms with E-state index in [1.165, 1.54) is 13.1 Å². The van der Waals surface area contributed by atoms with E-state index < -0.39 is 36.7 Å². The fraction of sp³-hybridized carbons (Fsp3) is 0.263. The molecular weight excluding hydrogens is 481 g/mol. The summed E-state index contributed by atoms with van der Waals surface area (Å²) in [7, 11) is -4.81. The van der Waals surface area contributed by atoms with E-state index in [9.17, 15) is 22.9 Å². The van der Waals surface area contributed by atoms with Gasteiger partial charge in [-0.25, -0.2) is 23.3 Å². The molecule has 0 bridgehead atoms. The van der Waals surface area contributed by atoms with Gasteiger partial charge < -0.3 is 20.4 Å². The van der Waals surface area contributed by atoms with E-state index in [1.807, 2.05) is 0 Å². The minimum absolute atomic E-state index is 0.0902. The summed E-state index contributed by atoms with van der Waals surface area (Å²) in [5, 5.41) is -1.000. The van der Waals surface area contributed by atoms with Crippen molar-refractivity contribution in [3.05, 3.63) is 63.6 Å². The van der Waals surface area contributed by atoms with Gasteiger partial charge in [-0.05, 0) is 37.7 Å². The maximum absolute atomic E-state index is 14.0. The fourth-order valence-electron chi connectivity index (χ4n) is 2.63. The van der Waals surface area contributed by atoms with Crippen molar-refractivity contribution in [3.8, 4) is 0 Å². The number of aryl methyl sites for hydroxylation is 1. The highest BCUT2D eigenvalue weighted by Gasteiger charge is 2.23. The second kappa shape index (κ2) is 11.4. The molecule has 0 saturated heterocycles. The van der Waals surface area contributed by atoms with Gasteiger partial charge in [-0.1, -0.05) is 6.07 Å². The second-order valence-corrected chi connectivity index (χ2v) is 8.94. The van der Waals surface area contributed by atoms with Gasteiger partial charge in [0.1, 0.15) is 28.8 Å². The number of aromatic nitrogens is 2. The highest BCUT2D eigenvalue weighted by molar-refractivity contribution is 8.17. The number of nitrogens with zero attached hydrogens (tertiary/aromatic N) is 3. The first-order chi connectivity index (χ1) is 15.4. The molecule has 2 rings (SSSR count). The Bertz CT molecular complexity index is 1110. The van der Waals surface area contributed by atoms with Crippen LogP contribution in [0, 0.1) is 18.6 Å². The van der Waals surface area contributed by atoms with Crippen molar-refractivity contribution in [2.45, 2.75) is 26.8 Å². The van der Waals surface area contributed by atoms with Gasteiger partial charge in [0.25, 0.3) is 0 Å². The third-order valence-electron chi connectivity index (χ3n) is 4.29. The average Bonchev–Trinajstić information content (AvgIpc) is 2.71. The minimum Gasteiger partial charge on any atom is -0.383 e. The Labute approximate surface area is 192 Å². The zero-order chi connectivity index (χ0) is 24.8. The van der Waals surface area contributed by atoms with E-state index in [0.29, 0.717) is 29.6 Å². The predicted molar refractivity (Wildman–Crippen MR) is 116 cm³/mol. The van der Waals surface area contributed by atoms with Gasteiger partial charge in [-0.2, -0.15) is 0 Å². The monoisotopic (exact) mass is 502 g/mol. The summed E-state index contributed by atoms with van der Waals surface area (Å²) in [6, 6.07) is 2.94. The molecule has 2 aromatic rings. The summed E-state index contributed by atoms with van der Waals surface area (Å²) in [5.41, 5.74) is 5.64. The molecule has 0 radical (unpaired) electrons. The van der Waals surface area contributed by atoms with Gasteiger partial charge in [0.05, 0.1) is 13.2 Å². The van der Waals surface area contributed by atoms with E-state index in [2.05, 4.69) is 14.5 Å². The SMILES string of the molecule is CC(=C(CCOP(=O)(O)O)SC(=O)c1c(F)cccc1F)N(C=O)Cc1cnc(C)nc1N. The predicted octanol–water partition coefficient (Wildman–Crippen LogP) is 2.91. The maximum atomic E-state index is 14.0. The zero-order valence-corrected chi connectivity index (χ0v) is 19.3. The van der Waals surface area contributed by atoms with Crippen molar-refractivity contribution in [1.82, 2.24) is 14.9 Å². The van der Waals surface area contributed by atoms with Gasteiger partial charge >= 0.3 is 7.82 Å². The topological polar surface area (TPSA) is 156 Å². The van der Waals surface area contributed by atoms with Crippen LogP contribution >= 0.6 is 19.6 Å². The largest absolute Gasteiger partial charge is 0.469 e. The first kappa shape index (κ1) is 26.6. The van der Waals surface area contributed by atoms with Crippen LogP contribution in [0.5, 0.6) is 0 Å². The Hall–Kier alpha value is -2.70. The number of allylic oxidation sites excluding steroid dienone is 1. The van der Waals surface area contributed by atoms with Crippen LogP contribution in [0.3, 0.4) is 0 Å². The molecule has 1 aromatic carbocycles. The van der Waals surface area contributed by atoms with Gasteiger partial charge in [-0.3, -0.25) is 14.1 Å². The second-order valence-electron chi connectivity index (χ2n) is 6.63. The first-order valence-corrected chi connectivity index (χ1v) is 11.6. The van der Waals surface area contributed by atoms with Gasteiger partial charge in [0, 0.05) is 28.8 Å². The number of amides is 1. The standard InChI is InChI=1S/C19H21F2N4O6PS/c1-11(25(10-26)9-13-8-23-12(2)24-18(13)22)16(6-7-31-32(28,29)30)33-19(27)17-14(20)4-3-5-15(17)21/h3-5,8,10H,6-7,9H2,1-2H3,(H2,22,23,24)(H2,28,29,30). The summed E-state index contributed by atoms with van der Waals surface area (Å²) in [6.07, 6.45) is 1.62. The van der Waals surface area contributed by atoms with E-state index in [1.54, 1.807) is 6.92 Å². The molecule has 0 aliphatic rings. The average molecular weight is 502 g/mol. The Balaban J connectivity index is 2.38. The van der Waals surface area contributed by atoms with E-state index in [4.69, 9.17) is 15.5 Å². The van der Waals surface area contributed by atoms with Crippen molar-refractivity contribution >= 4 is 36.9 Å². The van der Waals surface area contributed by atoms with Crippen molar-refractivity contribution in [2.24, 2.45) is 0 Å². The Morgan fingerprint density at radius 1 is 1.33 bits per heavy atom. The van der Waals surface area contributed by atoms with Crippen LogP contribution in [-0.4, -0.2) is 42.8 Å². The van der Waals surface area contributed by atoms with Crippen LogP contribution in [-0.2, 0) is 20.4 Å². The number of nitrogens with two attached hydrogens (primary N) is 1. The summed E-state index contributed by atoms with van der Waals surface area (Å²) in [5.74, 6) is -1.60. The van der Waals surface area contributed by atoms with Crippen molar-refractivity contribution in [3.63, 3.8) is 0 Å². The van der Waals surface area contributed by atoms with Crippen molar-refractivity contribution in [2.75, 3.05) is 12.3 Å². The molecule has 0 aliphatic heterocycles. The number of carbonyl (C=O) groups excluding carboxylic acids is 2. The number of hydrogen-bond acceptors (Lipinski definition) is 8. The maximum Gasteiger partial charge on any atom is 0.469 e. The van der Waals surface area contributed by atoms with E-state index in [0.717, 1.165) is 23.1 Å². The van der Waals surface area contributed by atoms with E-state index >= 15 is 0 Å². The lowest BCUT2D eigenvalue weighted by atomic mass is 10.2. The highest BCUT2D eigenvalue weighted by Crippen LogP contribution is 2.38. The number of rotatable bonds is 10. The number of phosphoric acid groups is 1. The number of phosphoric ester groups is 1. The number of anilines is 1. The number of carbonyl (C=O) groups is 2. The molecule has 1 heterocycles. The van der Waals surface area contributed by atoms with Gasteiger partial charge in [-0.15, -0.1) is 0 Å². The molecular formula is C19H21F2N4O6PS. The zero-order valence-electron chi connectivity index (χ0n) is 17.6. The fourth-order valence-corrected chi connectivity index (χ4v) is 3.93. The lowest BCUT2D eigenvalue weighted by Crippen LogP contribution is -2.22. The Morgan fingerprint density at radius 2 is 1.97 bits per heavy atom. The number of benzene rings is 1. The van der Waals surface area contributed by atoms with Crippen molar-refractivity contribution < 1.29 is 37.2 Å². The molecule has 4 N–H and O–H groups in total. The molecule has 14 heteroatoms. The van der Waals surface area contributed by atoms with Crippen LogP contribution in [0.25, 0.3) is 0 Å². The minimum atomic E-state index is -4.81. The molecule has 0 unspecified atom stereocenters. The number of thioether (sulfide) groups is 1. The van der Waals surface area contributed by atoms with Gasteiger partial charge in [0.15, 0.2) is 0 Å². The molecule has 0 fully saturated rings. The highest BCUT2D eigenvalue weighted by atomic mass is 32.2. The number of halogens is 2. The Kier molecular flexibility index (Phi) is 9.20. The molecule has 1 amide bonds. The molecule has 1 aromatic heterocycles. The molecule has 178 valence electrons. The summed E-state index contributed by atoms with van der Waals surface area (Å²) in [4.78, 5) is 51.5. The quantitative estimate of drug-likeness (QED) is 0.326. The van der Waals surface area contributed by atoms with Crippen molar-refractivity contribution in [1.29, 1.82) is 0 Å². The normalized spacial score (nSPS) is 12.3. The molecule has 0 spiro atoms. The summed E-state index contributed by atoms with van der Waals surface area (Å²) in [6.45, 7) is 2.46. The smallest absolute Gasteiger partial charge is 0.383 e. The molecule has 33 heavy (non-hydrogen) atoms. The molecule has 0 aliphatic carbocycles. The third-order valence-corrected chi connectivity index (χ3v) is 5.95. The third kappa shape index (κ3) is 7.69. The lowest BCUT2D eigenvalue weighted by molar-refractivity contribution is -0.116. The van der Waals surface area contributed by atoms with Crippen LogP contribution < -0.4 is 5.73 Å². The molecule has 10 nitrogen and oxygen atoms in total. The Morgan fingerprint density at radius 3 is 2.52 bits per heavy atom.